The number of nitriles is 2. The van der Waals surface area contributed by atoms with Crippen LogP contribution in [0.1, 0.15) is 99.4 Å². The highest BCUT2D eigenvalue weighted by Crippen LogP contribution is 2.39. The molecule has 1 amide bonds. The van der Waals surface area contributed by atoms with Gasteiger partial charge in [0.1, 0.15) is 6.73 Å². The lowest BCUT2D eigenvalue weighted by Gasteiger charge is -2.40. The molecule has 2 unspecified atom stereocenters. The van der Waals surface area contributed by atoms with Crippen LogP contribution < -0.4 is 11.1 Å². The summed E-state index contributed by atoms with van der Waals surface area (Å²) in [5, 5.41) is 59.6. The Morgan fingerprint density at radius 3 is 2.11 bits per heavy atom. The summed E-state index contributed by atoms with van der Waals surface area (Å²) >= 11 is 0. The van der Waals surface area contributed by atoms with Gasteiger partial charge in [0.05, 0.1) is 72.3 Å². The van der Waals surface area contributed by atoms with E-state index in [2.05, 4.69) is 96.5 Å². The van der Waals surface area contributed by atoms with E-state index in [0.717, 1.165) is 46.1 Å². The highest BCUT2D eigenvalue weighted by Gasteiger charge is 2.41. The van der Waals surface area contributed by atoms with Gasteiger partial charge in [-0.3, -0.25) is 19.3 Å². The Hall–Kier alpha value is -6.69. The number of nitrogens with zero attached hydrogens (tertiary/aromatic N) is 9. The second-order valence-corrected chi connectivity index (χ2v) is 30.9. The number of aromatic nitrogens is 8. The maximum atomic E-state index is 12.6. The minimum atomic E-state index is -1.87. The number of carbonyl (C=O) groups excluding carboxylic acids is 1. The Labute approximate surface area is 411 Å². The van der Waals surface area contributed by atoms with E-state index >= 15 is 0 Å². The van der Waals surface area contributed by atoms with Crippen LogP contribution in [0.4, 0.5) is 11.4 Å². The summed E-state index contributed by atoms with van der Waals surface area (Å²) in [6.45, 7) is 20.3. The van der Waals surface area contributed by atoms with Crippen molar-refractivity contribution in [3.05, 3.63) is 129 Å². The van der Waals surface area contributed by atoms with Gasteiger partial charge in [-0.1, -0.05) is 64.7 Å². The fourth-order valence-electron chi connectivity index (χ4n) is 7.85. The summed E-state index contributed by atoms with van der Waals surface area (Å²) in [6, 6.07) is 20.1. The molecule has 70 heavy (non-hydrogen) atoms. The second kappa shape index (κ2) is 22.8. The molecule has 2 aromatic carbocycles. The fourth-order valence-corrected chi connectivity index (χ4v) is 9.99. The number of nitrogens with one attached hydrogen (secondary N) is 2. The molecule has 4 aromatic heterocycles. The van der Waals surface area contributed by atoms with E-state index < -0.39 is 22.4 Å². The van der Waals surface area contributed by atoms with Crippen molar-refractivity contribution < 1.29 is 29.0 Å². The number of nitrogen functional groups attached to an aromatic ring is 1. The summed E-state index contributed by atoms with van der Waals surface area (Å²) in [6.07, 6.45) is 10.4. The normalized spacial score (nSPS) is 15.5. The number of carbonyl (C=O) groups is 2. The molecular formula is C50H66N12O6Si2. The number of H-pyrrole nitrogens is 1. The first-order valence-corrected chi connectivity index (χ1v) is 30.1. The van der Waals surface area contributed by atoms with E-state index in [1.54, 1.807) is 51.0 Å². The number of amides is 1. The van der Waals surface area contributed by atoms with Crippen molar-refractivity contribution in [3.8, 4) is 12.1 Å². The van der Waals surface area contributed by atoms with Crippen molar-refractivity contribution in [1.29, 1.82) is 10.5 Å². The Balaban J connectivity index is 0.000000180. The fraction of sp³-hybridized carbons (Fsp3) is 0.440. The number of ether oxygens (including phenoxy) is 1. The molecule has 20 heteroatoms. The zero-order valence-corrected chi connectivity index (χ0v) is 43.5. The number of aliphatic hydroxyl groups is 1. The molecule has 18 nitrogen and oxygen atoms in total. The summed E-state index contributed by atoms with van der Waals surface area (Å²) < 4.78 is 17.7. The topological polar surface area (TPSA) is 261 Å². The molecule has 370 valence electrons. The molecule has 0 radical (unpaired) electrons. The van der Waals surface area contributed by atoms with Crippen LogP contribution >= 0.6 is 0 Å². The van der Waals surface area contributed by atoms with Gasteiger partial charge in [0.2, 0.25) is 0 Å². The van der Waals surface area contributed by atoms with Crippen LogP contribution in [0.25, 0.3) is 0 Å². The average Bonchev–Trinajstić information content (AvgIpc) is 4.11. The number of anilines is 2. The van der Waals surface area contributed by atoms with Crippen LogP contribution in [-0.2, 0) is 54.7 Å². The molecule has 0 spiro atoms. The Kier molecular flexibility index (Phi) is 17.2. The quantitative estimate of drug-likeness (QED) is 0.0516. The zero-order valence-electron chi connectivity index (χ0n) is 41.5. The van der Waals surface area contributed by atoms with Crippen molar-refractivity contribution in [2.45, 2.75) is 135 Å². The van der Waals surface area contributed by atoms with Crippen LogP contribution in [0.15, 0.2) is 73.3 Å². The highest BCUT2D eigenvalue weighted by molar-refractivity contribution is 6.76. The molecule has 4 heterocycles. The van der Waals surface area contributed by atoms with Gasteiger partial charge in [0, 0.05) is 62.4 Å². The van der Waals surface area contributed by atoms with Crippen LogP contribution in [0.2, 0.25) is 43.8 Å². The molecule has 0 aliphatic heterocycles. The number of carboxylic acid groups (broad SMARTS) is 1. The Morgan fingerprint density at radius 1 is 0.900 bits per heavy atom. The summed E-state index contributed by atoms with van der Waals surface area (Å²) in [5.74, 6) is -1.25. The third kappa shape index (κ3) is 14.4. The first kappa shape index (κ1) is 52.7. The Morgan fingerprint density at radius 2 is 1.53 bits per heavy atom. The lowest BCUT2D eigenvalue weighted by atomic mass is 9.93. The standard InChI is InChI=1S/C20H38N2O4Si2.C19H18N6O2.C11H10N4/c1-20(2,3)28(7,8)26-15-9-10-16-17(13-15)22(21-18(16)19(23)24)14-25-11-12-27(4,5)6;20-8-12-2-1-3-13(6-12)10-25-11-14(9-21-25)22-19(27)18-16-5-4-15(26)7-17(16)23-24-18;12-5-9-2-1-3-10(4-9)7-15-8-11(13)6-14-15/h15H,9-14H2,1-8H3,(H,23,24);1-3,6,9,11,15,26H,4-5,7,10H2,(H,22,27)(H,23,24);1-4,6,8H,7,13H2. The lowest BCUT2D eigenvalue weighted by Crippen LogP contribution is -2.45. The number of aliphatic hydroxyl groups excluding tert-OH is 1. The number of hydrogen-bond donors (Lipinski definition) is 5. The van der Waals surface area contributed by atoms with E-state index in [-0.39, 0.29) is 28.8 Å². The average molecular weight is 987 g/mol. The van der Waals surface area contributed by atoms with Crippen molar-refractivity contribution in [2.75, 3.05) is 17.7 Å². The molecule has 0 bridgehead atoms. The largest absolute Gasteiger partial charge is 0.476 e. The number of carboxylic acids is 1. The minimum Gasteiger partial charge on any atom is -0.476 e. The number of hydrogen-bond acceptors (Lipinski definition) is 12. The van der Waals surface area contributed by atoms with Crippen molar-refractivity contribution >= 4 is 39.6 Å². The van der Waals surface area contributed by atoms with Crippen LogP contribution in [0, 0.1) is 22.7 Å². The number of rotatable bonds is 14. The predicted octanol–water partition coefficient (Wildman–Crippen LogP) is 7.79. The number of benzene rings is 2. The van der Waals surface area contributed by atoms with Gasteiger partial charge in [0.15, 0.2) is 19.7 Å². The minimum absolute atomic E-state index is 0.118. The molecule has 0 fully saturated rings. The third-order valence-corrected chi connectivity index (χ3v) is 18.9. The van der Waals surface area contributed by atoms with E-state index in [4.69, 9.17) is 25.4 Å². The molecular weight excluding hydrogens is 921 g/mol. The van der Waals surface area contributed by atoms with Gasteiger partial charge in [-0.25, -0.2) is 9.48 Å². The molecule has 2 aliphatic carbocycles. The maximum absolute atomic E-state index is 12.6. The van der Waals surface area contributed by atoms with Crippen LogP contribution in [0.3, 0.4) is 0 Å². The van der Waals surface area contributed by atoms with Gasteiger partial charge in [-0.05, 0) is 85.3 Å². The molecule has 2 atom stereocenters. The van der Waals surface area contributed by atoms with E-state index in [9.17, 15) is 19.8 Å². The van der Waals surface area contributed by atoms with Gasteiger partial charge < -0.3 is 30.4 Å². The van der Waals surface area contributed by atoms with Crippen LogP contribution in [0.5, 0.6) is 0 Å². The molecule has 0 saturated carbocycles. The van der Waals surface area contributed by atoms with E-state index in [1.807, 2.05) is 36.4 Å². The lowest BCUT2D eigenvalue weighted by molar-refractivity contribution is 0.0666. The van der Waals surface area contributed by atoms with Crippen LogP contribution in [-0.4, -0.2) is 96.8 Å². The van der Waals surface area contributed by atoms with Gasteiger partial charge in [-0.2, -0.15) is 30.9 Å². The van der Waals surface area contributed by atoms with Crippen molar-refractivity contribution in [2.24, 2.45) is 0 Å². The second-order valence-electron chi connectivity index (χ2n) is 20.6. The third-order valence-electron chi connectivity index (χ3n) is 12.7. The summed E-state index contributed by atoms with van der Waals surface area (Å²) in [7, 11) is -3.03. The number of aromatic amines is 1. The zero-order chi connectivity index (χ0) is 50.8. The SMILES string of the molecule is CC(C)(C)[Si](C)(C)OC1CCc2c(C(=O)O)nn(COCC[Si](C)(C)C)c2C1.N#Cc1cccc(Cn2cc(N)cn2)c1.N#Cc1cccc(Cn2cc(NC(=O)c3n[nH]c4c3CCC(O)C4)cn2)c1. The van der Waals surface area contributed by atoms with Crippen molar-refractivity contribution in [3.63, 3.8) is 0 Å². The molecule has 6 N–H and O–H groups in total. The first-order chi connectivity index (χ1) is 33.1. The monoisotopic (exact) mass is 986 g/mol. The predicted molar refractivity (Wildman–Crippen MR) is 271 cm³/mol. The van der Waals surface area contributed by atoms with Gasteiger partial charge in [0.25, 0.3) is 5.91 Å². The van der Waals surface area contributed by atoms with Gasteiger partial charge >= 0.3 is 5.97 Å². The molecule has 8 rings (SSSR count). The number of nitrogens with two attached hydrogens (primary N) is 1. The number of aromatic carboxylic acids is 1. The first-order valence-electron chi connectivity index (χ1n) is 23.5. The molecule has 0 saturated heterocycles. The Bertz CT molecular complexity index is 2840. The summed E-state index contributed by atoms with van der Waals surface area (Å²) in [4.78, 5) is 24.2. The molecule has 6 aromatic rings. The maximum Gasteiger partial charge on any atom is 0.356 e. The summed E-state index contributed by atoms with van der Waals surface area (Å²) in [5.41, 5.74) is 14.1. The van der Waals surface area contributed by atoms with Crippen molar-refractivity contribution in [1.82, 2.24) is 39.5 Å². The number of fused-ring (bicyclic) bond motifs is 2. The molecule has 2 aliphatic rings. The van der Waals surface area contributed by atoms with E-state index in [1.165, 1.54) is 0 Å². The highest BCUT2D eigenvalue weighted by atomic mass is 28.4. The van der Waals surface area contributed by atoms with E-state index in [0.29, 0.717) is 86.7 Å². The van der Waals surface area contributed by atoms with Gasteiger partial charge in [-0.15, -0.1) is 0 Å². The smallest absolute Gasteiger partial charge is 0.356 e.